The van der Waals surface area contributed by atoms with Crippen molar-refractivity contribution >= 4 is 21.8 Å². The summed E-state index contributed by atoms with van der Waals surface area (Å²) in [5.74, 6) is 0.713. The number of rotatable bonds is 6. The first kappa shape index (κ1) is 19.0. The predicted molar refractivity (Wildman–Crippen MR) is 109 cm³/mol. The van der Waals surface area contributed by atoms with Crippen LogP contribution in [0.15, 0.2) is 53.0 Å². The molecule has 0 radical (unpaired) electrons. The largest absolute Gasteiger partial charge is 0.492 e. The average molecular weight is 416 g/mol. The third kappa shape index (κ3) is 4.88. The number of carbonyl (C=O) groups excluding carboxylic acids is 1. The number of hydrogen-bond acceptors (Lipinski definition) is 2. The van der Waals surface area contributed by atoms with Gasteiger partial charge in [-0.05, 0) is 36.6 Å². The Kier molecular flexibility index (Phi) is 6.73. The van der Waals surface area contributed by atoms with Crippen molar-refractivity contribution in [3.63, 3.8) is 0 Å². The van der Waals surface area contributed by atoms with Crippen molar-refractivity contribution in [3.8, 4) is 5.75 Å². The molecule has 1 fully saturated rings. The van der Waals surface area contributed by atoms with E-state index >= 15 is 0 Å². The van der Waals surface area contributed by atoms with Crippen LogP contribution >= 0.6 is 15.9 Å². The van der Waals surface area contributed by atoms with E-state index in [0.717, 1.165) is 23.7 Å². The van der Waals surface area contributed by atoms with Gasteiger partial charge in [0.15, 0.2) is 0 Å². The third-order valence-electron chi connectivity index (χ3n) is 5.11. The fourth-order valence-electron chi connectivity index (χ4n) is 3.54. The molecule has 4 heteroatoms. The SMILES string of the molecule is CN(C(=O)c1cc(Br)ccc1OCCc1ccccc1)C1CCCCC1. The van der Waals surface area contributed by atoms with E-state index < -0.39 is 0 Å². The summed E-state index contributed by atoms with van der Waals surface area (Å²) in [6, 6.07) is 16.3. The number of ether oxygens (including phenoxy) is 1. The normalized spacial score (nSPS) is 14.8. The van der Waals surface area contributed by atoms with Crippen molar-refractivity contribution in [2.75, 3.05) is 13.7 Å². The predicted octanol–water partition coefficient (Wildman–Crippen LogP) is 5.48. The molecule has 2 aromatic carbocycles. The van der Waals surface area contributed by atoms with Crippen molar-refractivity contribution < 1.29 is 9.53 Å². The third-order valence-corrected chi connectivity index (χ3v) is 5.60. The van der Waals surface area contributed by atoms with Gasteiger partial charge in [0.2, 0.25) is 0 Å². The molecule has 1 saturated carbocycles. The molecule has 0 aliphatic heterocycles. The van der Waals surface area contributed by atoms with Crippen LogP contribution in [-0.2, 0) is 6.42 Å². The number of amides is 1. The minimum atomic E-state index is 0.0490. The molecule has 2 aromatic rings. The summed E-state index contributed by atoms with van der Waals surface area (Å²) in [6.45, 7) is 0.555. The Hall–Kier alpha value is -1.81. The van der Waals surface area contributed by atoms with Crippen LogP contribution in [0.2, 0.25) is 0 Å². The summed E-state index contributed by atoms with van der Waals surface area (Å²) in [5.41, 5.74) is 1.87. The molecule has 26 heavy (non-hydrogen) atoms. The van der Waals surface area contributed by atoms with E-state index in [4.69, 9.17) is 4.74 Å². The summed E-state index contributed by atoms with van der Waals surface area (Å²) in [7, 11) is 1.92. The average Bonchev–Trinajstić information content (AvgIpc) is 2.69. The molecule has 1 aliphatic carbocycles. The monoisotopic (exact) mass is 415 g/mol. The van der Waals surface area contributed by atoms with Gasteiger partial charge in [0, 0.05) is 24.0 Å². The summed E-state index contributed by atoms with van der Waals surface area (Å²) < 4.78 is 6.88. The summed E-state index contributed by atoms with van der Waals surface area (Å²) in [6.07, 6.45) is 6.72. The smallest absolute Gasteiger partial charge is 0.257 e. The quantitative estimate of drug-likeness (QED) is 0.625. The van der Waals surface area contributed by atoms with E-state index in [1.54, 1.807) is 0 Å². The number of hydrogen-bond donors (Lipinski definition) is 0. The standard InChI is InChI=1S/C22H26BrNO2/c1-24(19-10-6-3-7-11-19)22(25)20-16-18(23)12-13-21(20)26-15-14-17-8-4-2-5-9-17/h2,4-5,8-9,12-13,16,19H,3,6-7,10-11,14-15H2,1H3. The van der Waals surface area contributed by atoms with Crippen molar-refractivity contribution in [1.82, 2.24) is 4.90 Å². The second kappa shape index (κ2) is 9.22. The molecule has 3 nitrogen and oxygen atoms in total. The van der Waals surface area contributed by atoms with E-state index in [0.29, 0.717) is 24.0 Å². The number of halogens is 1. The highest BCUT2D eigenvalue weighted by Crippen LogP contribution is 2.28. The second-order valence-electron chi connectivity index (χ2n) is 6.93. The lowest BCUT2D eigenvalue weighted by atomic mass is 9.94. The van der Waals surface area contributed by atoms with E-state index in [1.165, 1.54) is 24.8 Å². The zero-order valence-corrected chi connectivity index (χ0v) is 16.9. The van der Waals surface area contributed by atoms with Crippen LogP contribution in [0, 0.1) is 0 Å². The van der Waals surface area contributed by atoms with Gasteiger partial charge in [0.05, 0.1) is 12.2 Å². The first-order valence-corrected chi connectivity index (χ1v) is 10.2. The summed E-state index contributed by atoms with van der Waals surface area (Å²) in [4.78, 5) is 15.0. The van der Waals surface area contributed by atoms with Crippen molar-refractivity contribution in [2.24, 2.45) is 0 Å². The fraction of sp³-hybridized carbons (Fsp3) is 0.409. The highest BCUT2D eigenvalue weighted by atomic mass is 79.9. The highest BCUT2D eigenvalue weighted by molar-refractivity contribution is 9.10. The zero-order valence-electron chi connectivity index (χ0n) is 15.3. The zero-order chi connectivity index (χ0) is 18.4. The summed E-state index contributed by atoms with van der Waals surface area (Å²) >= 11 is 3.49. The number of nitrogens with zero attached hydrogens (tertiary/aromatic N) is 1. The minimum Gasteiger partial charge on any atom is -0.492 e. The molecular weight excluding hydrogens is 390 g/mol. The van der Waals surface area contributed by atoms with Gasteiger partial charge in [-0.25, -0.2) is 0 Å². The van der Waals surface area contributed by atoms with E-state index in [-0.39, 0.29) is 5.91 Å². The van der Waals surface area contributed by atoms with Crippen LogP contribution in [0.3, 0.4) is 0 Å². The fourth-order valence-corrected chi connectivity index (χ4v) is 3.90. The molecule has 1 aliphatic rings. The van der Waals surface area contributed by atoms with Crippen LogP contribution < -0.4 is 4.74 Å². The molecule has 0 saturated heterocycles. The molecule has 0 aromatic heterocycles. The molecular formula is C22H26BrNO2. The Morgan fingerprint density at radius 2 is 1.85 bits per heavy atom. The number of carbonyl (C=O) groups is 1. The van der Waals surface area contributed by atoms with Crippen LogP contribution in [0.4, 0.5) is 0 Å². The Labute approximate surface area is 164 Å². The molecule has 0 heterocycles. The van der Waals surface area contributed by atoms with Gasteiger partial charge in [-0.1, -0.05) is 65.5 Å². The molecule has 138 valence electrons. The Balaban J connectivity index is 1.69. The van der Waals surface area contributed by atoms with Crippen molar-refractivity contribution in [3.05, 3.63) is 64.1 Å². The van der Waals surface area contributed by atoms with Gasteiger partial charge >= 0.3 is 0 Å². The molecule has 0 N–H and O–H groups in total. The summed E-state index contributed by atoms with van der Waals surface area (Å²) in [5, 5.41) is 0. The lowest BCUT2D eigenvalue weighted by Crippen LogP contribution is -2.38. The van der Waals surface area contributed by atoms with E-state index in [2.05, 4.69) is 28.1 Å². The van der Waals surface area contributed by atoms with Gasteiger partial charge in [-0.15, -0.1) is 0 Å². The van der Waals surface area contributed by atoms with Crippen LogP contribution in [-0.4, -0.2) is 30.5 Å². The molecule has 0 unspecified atom stereocenters. The number of benzene rings is 2. The first-order chi connectivity index (χ1) is 12.6. The van der Waals surface area contributed by atoms with Crippen LogP contribution in [0.25, 0.3) is 0 Å². The van der Waals surface area contributed by atoms with Crippen molar-refractivity contribution in [1.29, 1.82) is 0 Å². The van der Waals surface area contributed by atoms with Gasteiger partial charge in [-0.2, -0.15) is 0 Å². The Morgan fingerprint density at radius 3 is 2.58 bits per heavy atom. The molecule has 1 amide bonds. The highest BCUT2D eigenvalue weighted by Gasteiger charge is 2.25. The molecule has 0 atom stereocenters. The van der Waals surface area contributed by atoms with Crippen LogP contribution in [0.1, 0.15) is 48.0 Å². The van der Waals surface area contributed by atoms with Gasteiger partial charge in [-0.3, -0.25) is 4.79 Å². The maximum absolute atomic E-state index is 13.1. The molecule has 0 bridgehead atoms. The minimum absolute atomic E-state index is 0.0490. The lowest BCUT2D eigenvalue weighted by Gasteiger charge is -2.31. The van der Waals surface area contributed by atoms with Gasteiger partial charge in [0.25, 0.3) is 5.91 Å². The molecule has 3 rings (SSSR count). The maximum atomic E-state index is 13.1. The van der Waals surface area contributed by atoms with E-state index in [1.807, 2.05) is 48.3 Å². The van der Waals surface area contributed by atoms with Gasteiger partial charge < -0.3 is 9.64 Å². The Bertz CT molecular complexity index is 726. The van der Waals surface area contributed by atoms with Crippen LogP contribution in [0.5, 0.6) is 5.75 Å². The first-order valence-electron chi connectivity index (χ1n) is 9.38. The topological polar surface area (TPSA) is 29.5 Å². The Morgan fingerprint density at radius 1 is 1.12 bits per heavy atom. The molecule has 0 spiro atoms. The van der Waals surface area contributed by atoms with Crippen molar-refractivity contribution in [2.45, 2.75) is 44.6 Å². The lowest BCUT2D eigenvalue weighted by molar-refractivity contribution is 0.0692. The van der Waals surface area contributed by atoms with Gasteiger partial charge in [0.1, 0.15) is 5.75 Å². The maximum Gasteiger partial charge on any atom is 0.257 e. The van der Waals surface area contributed by atoms with E-state index in [9.17, 15) is 4.79 Å². The second-order valence-corrected chi connectivity index (χ2v) is 7.85.